The molecule has 6 nitrogen and oxygen atoms in total. The lowest BCUT2D eigenvalue weighted by molar-refractivity contribution is 0.0342. The topological polar surface area (TPSA) is 80.0 Å². The summed E-state index contributed by atoms with van der Waals surface area (Å²) in [6, 6.07) is 12.1. The highest BCUT2D eigenvalue weighted by atomic mass is 32.1. The molecule has 1 aromatic heterocycles. The molecule has 0 unspecified atom stereocenters. The van der Waals surface area contributed by atoms with Crippen molar-refractivity contribution in [3.63, 3.8) is 0 Å². The highest BCUT2D eigenvalue weighted by Crippen LogP contribution is 2.40. The van der Waals surface area contributed by atoms with E-state index in [1.165, 1.54) is 30.7 Å². The number of aliphatic hydroxyl groups is 1. The summed E-state index contributed by atoms with van der Waals surface area (Å²) < 4.78 is 35.2. The Morgan fingerprint density at radius 2 is 1.76 bits per heavy atom. The number of thiophene rings is 1. The Morgan fingerprint density at radius 1 is 1.12 bits per heavy atom. The van der Waals surface area contributed by atoms with Crippen LogP contribution in [-0.2, 0) is 28.3 Å². The van der Waals surface area contributed by atoms with Gasteiger partial charge in [0.2, 0.25) is 0 Å². The summed E-state index contributed by atoms with van der Waals surface area (Å²) in [4.78, 5) is 7.56. The van der Waals surface area contributed by atoms with E-state index in [9.17, 15) is 13.9 Å². The third-order valence-corrected chi connectivity index (χ3v) is 6.87. The lowest BCUT2D eigenvalue weighted by atomic mass is 9.96. The molecule has 2 aromatic carbocycles. The van der Waals surface area contributed by atoms with Crippen molar-refractivity contribution in [3.8, 4) is 10.4 Å². The maximum Gasteiger partial charge on any atom is 0.135 e. The number of nitrogens with zero attached hydrogens (tertiary/aromatic N) is 1. The summed E-state index contributed by atoms with van der Waals surface area (Å²) in [5.74, 6) is 3.82. The first kappa shape index (κ1) is 24.7. The first-order valence-corrected chi connectivity index (χ1v) is 11.9. The van der Waals surface area contributed by atoms with Crippen molar-refractivity contribution < 1.29 is 23.5 Å². The summed E-state index contributed by atoms with van der Waals surface area (Å²) in [5, 5.41) is 14.1. The van der Waals surface area contributed by atoms with Gasteiger partial charge in [-0.05, 0) is 55.3 Å². The summed E-state index contributed by atoms with van der Waals surface area (Å²) >= 11 is 1.21. The quantitative estimate of drug-likeness (QED) is 0.391. The Balaban J connectivity index is 1.56. The first-order chi connectivity index (χ1) is 16.2. The molecule has 4 N–H and O–H groups in total. The van der Waals surface area contributed by atoms with Crippen molar-refractivity contribution in [2.45, 2.75) is 32.6 Å². The van der Waals surface area contributed by atoms with Gasteiger partial charge < -0.3 is 15.2 Å². The number of ether oxygens (including phenoxy) is 1. The predicted octanol–water partition coefficient (Wildman–Crippen LogP) is 4.89. The number of rotatable bonds is 8. The third kappa shape index (κ3) is 5.80. The molecule has 1 fully saturated rings. The van der Waals surface area contributed by atoms with Crippen LogP contribution in [-0.4, -0.2) is 36.3 Å². The molecule has 0 radical (unpaired) electrons. The van der Waals surface area contributed by atoms with Crippen molar-refractivity contribution in [2.24, 2.45) is 5.90 Å². The van der Waals surface area contributed by atoms with Crippen molar-refractivity contribution in [1.29, 1.82) is 0 Å². The number of benzene rings is 2. The average molecular weight is 490 g/mol. The number of anilines is 2. The predicted molar refractivity (Wildman–Crippen MR) is 130 cm³/mol. The zero-order chi connectivity index (χ0) is 24.3. The second-order valence-corrected chi connectivity index (χ2v) is 9.91. The summed E-state index contributed by atoms with van der Waals surface area (Å²) in [6.07, 6.45) is 0. The standard InChI is InChI=1S/C25H29F2N3O3S/c1-25(2,31)18-12-20(26)23(21(27)13-18)22-11-17(15-33-28)24(34-22)29-19-5-3-16(4-6-19)14-30-7-9-32-10-8-30/h3-6,11-13,29,31H,7-10,14-15,28H2,1-2H3. The monoisotopic (exact) mass is 489 g/mol. The second kappa shape index (κ2) is 10.5. The van der Waals surface area contributed by atoms with Gasteiger partial charge in [0.15, 0.2) is 0 Å². The van der Waals surface area contributed by atoms with Gasteiger partial charge in [-0.15, -0.1) is 11.3 Å². The molecule has 0 amide bonds. The van der Waals surface area contributed by atoms with Gasteiger partial charge in [-0.2, -0.15) is 0 Å². The van der Waals surface area contributed by atoms with E-state index >= 15 is 0 Å². The fourth-order valence-electron chi connectivity index (χ4n) is 3.86. The fraction of sp³-hybridized carbons (Fsp3) is 0.360. The molecule has 182 valence electrons. The number of hydrogen-bond donors (Lipinski definition) is 3. The second-order valence-electron chi connectivity index (χ2n) is 8.86. The van der Waals surface area contributed by atoms with E-state index < -0.39 is 17.2 Å². The zero-order valence-corrected chi connectivity index (χ0v) is 20.1. The van der Waals surface area contributed by atoms with Gasteiger partial charge in [0.25, 0.3) is 0 Å². The molecule has 0 aliphatic carbocycles. The minimum absolute atomic E-state index is 0.0823. The van der Waals surface area contributed by atoms with E-state index in [-0.39, 0.29) is 17.7 Å². The molecule has 34 heavy (non-hydrogen) atoms. The van der Waals surface area contributed by atoms with Crippen LogP contribution in [0.3, 0.4) is 0 Å². The number of hydrogen-bond acceptors (Lipinski definition) is 7. The molecule has 0 saturated carbocycles. The molecule has 2 heterocycles. The third-order valence-electron chi connectivity index (χ3n) is 5.76. The molecule has 0 spiro atoms. The molecule has 4 rings (SSSR count). The Labute approximate surface area is 201 Å². The smallest absolute Gasteiger partial charge is 0.135 e. The van der Waals surface area contributed by atoms with E-state index in [4.69, 9.17) is 15.5 Å². The van der Waals surface area contributed by atoms with Gasteiger partial charge in [-0.3, -0.25) is 9.74 Å². The van der Waals surface area contributed by atoms with Gasteiger partial charge in [-0.25, -0.2) is 14.7 Å². The van der Waals surface area contributed by atoms with Gasteiger partial charge in [0.1, 0.15) is 11.6 Å². The lowest BCUT2D eigenvalue weighted by Crippen LogP contribution is -2.35. The molecule has 9 heteroatoms. The largest absolute Gasteiger partial charge is 0.386 e. The minimum atomic E-state index is -1.35. The van der Waals surface area contributed by atoms with Crippen LogP contribution in [0.15, 0.2) is 42.5 Å². The van der Waals surface area contributed by atoms with E-state index in [0.29, 0.717) is 15.4 Å². The van der Waals surface area contributed by atoms with Crippen molar-refractivity contribution in [1.82, 2.24) is 4.90 Å². The number of morpholine rings is 1. The summed E-state index contributed by atoms with van der Waals surface area (Å²) in [6.45, 7) is 7.27. The Hall–Kier alpha value is -2.40. The Kier molecular flexibility index (Phi) is 7.61. The lowest BCUT2D eigenvalue weighted by Gasteiger charge is -2.26. The van der Waals surface area contributed by atoms with Gasteiger partial charge in [-0.1, -0.05) is 12.1 Å². The van der Waals surface area contributed by atoms with Crippen molar-refractivity contribution in [2.75, 3.05) is 31.6 Å². The summed E-state index contributed by atoms with van der Waals surface area (Å²) in [5.41, 5.74) is 1.39. The maximum atomic E-state index is 14.9. The molecular weight excluding hydrogens is 460 g/mol. The van der Waals surface area contributed by atoms with Crippen LogP contribution < -0.4 is 11.2 Å². The van der Waals surface area contributed by atoms with Crippen molar-refractivity contribution >= 4 is 22.0 Å². The molecule has 0 atom stereocenters. The van der Waals surface area contributed by atoms with E-state index in [0.717, 1.165) is 50.7 Å². The van der Waals surface area contributed by atoms with E-state index in [1.54, 1.807) is 6.07 Å². The molecular formula is C25H29F2N3O3S. The zero-order valence-electron chi connectivity index (χ0n) is 19.2. The van der Waals surface area contributed by atoms with Crippen LogP contribution in [0.4, 0.5) is 19.5 Å². The van der Waals surface area contributed by atoms with Gasteiger partial charge in [0, 0.05) is 35.8 Å². The van der Waals surface area contributed by atoms with Gasteiger partial charge in [0.05, 0.1) is 36.0 Å². The van der Waals surface area contributed by atoms with Crippen LogP contribution in [0.5, 0.6) is 0 Å². The first-order valence-electron chi connectivity index (χ1n) is 11.1. The Morgan fingerprint density at radius 3 is 2.35 bits per heavy atom. The molecule has 1 saturated heterocycles. The Bertz CT molecular complexity index is 1100. The highest BCUT2D eigenvalue weighted by Gasteiger charge is 2.23. The van der Waals surface area contributed by atoms with Crippen LogP contribution in [0.25, 0.3) is 10.4 Å². The van der Waals surface area contributed by atoms with Crippen molar-refractivity contribution in [3.05, 3.63) is 70.8 Å². The molecule has 1 aliphatic heterocycles. The van der Waals surface area contributed by atoms with E-state index in [1.807, 2.05) is 12.1 Å². The average Bonchev–Trinajstić information content (AvgIpc) is 3.16. The van der Waals surface area contributed by atoms with E-state index in [2.05, 4.69) is 22.3 Å². The maximum absolute atomic E-state index is 14.9. The molecule has 1 aliphatic rings. The number of nitrogens with two attached hydrogens (primary N) is 1. The summed E-state index contributed by atoms with van der Waals surface area (Å²) in [7, 11) is 0. The number of halogens is 2. The van der Waals surface area contributed by atoms with Crippen LogP contribution >= 0.6 is 11.3 Å². The molecule has 3 aromatic rings. The SMILES string of the molecule is CC(C)(O)c1cc(F)c(-c2cc(CON)c(Nc3ccc(CN4CCOCC4)cc3)s2)c(F)c1. The van der Waals surface area contributed by atoms with Crippen LogP contribution in [0, 0.1) is 11.6 Å². The van der Waals surface area contributed by atoms with Crippen LogP contribution in [0.1, 0.15) is 30.5 Å². The number of nitrogens with one attached hydrogen (secondary N) is 1. The minimum Gasteiger partial charge on any atom is -0.386 e. The van der Waals surface area contributed by atoms with Crippen LogP contribution in [0.2, 0.25) is 0 Å². The normalized spacial score (nSPS) is 15.0. The molecule has 0 bridgehead atoms. The van der Waals surface area contributed by atoms with Gasteiger partial charge >= 0.3 is 0 Å². The highest BCUT2D eigenvalue weighted by molar-refractivity contribution is 7.19. The fourth-order valence-corrected chi connectivity index (χ4v) is 4.99.